The number of benzene rings is 2. The van der Waals surface area contributed by atoms with Gasteiger partial charge in [-0.15, -0.1) is 0 Å². The minimum atomic E-state index is -0.463. The summed E-state index contributed by atoms with van der Waals surface area (Å²) in [5.41, 5.74) is 2.09. The number of amides is 4. The van der Waals surface area contributed by atoms with E-state index in [4.69, 9.17) is 4.74 Å². The zero-order chi connectivity index (χ0) is 22.0. The lowest BCUT2D eigenvalue weighted by molar-refractivity contribution is -0.125. The predicted molar refractivity (Wildman–Crippen MR) is 117 cm³/mol. The van der Waals surface area contributed by atoms with Crippen molar-refractivity contribution < 1.29 is 23.9 Å². The van der Waals surface area contributed by atoms with E-state index in [1.807, 2.05) is 6.07 Å². The number of ether oxygens (including phenoxy) is 1. The van der Waals surface area contributed by atoms with Gasteiger partial charge < -0.3 is 15.0 Å². The maximum Gasteiger partial charge on any atom is 0.289 e. The van der Waals surface area contributed by atoms with Crippen molar-refractivity contribution >= 4 is 46.1 Å². The average molecular weight is 439 g/mol. The van der Waals surface area contributed by atoms with Gasteiger partial charge in [0.05, 0.1) is 25.3 Å². The molecule has 2 aromatic carbocycles. The Hall–Kier alpha value is -3.33. The number of thioether (sulfide) groups is 1. The Morgan fingerprint density at radius 2 is 1.90 bits per heavy atom. The zero-order valence-electron chi connectivity index (χ0n) is 16.9. The highest BCUT2D eigenvalue weighted by Crippen LogP contribution is 2.29. The second kappa shape index (κ2) is 8.81. The molecule has 2 fully saturated rings. The van der Waals surface area contributed by atoms with Gasteiger partial charge in [0.2, 0.25) is 17.7 Å². The molecule has 4 amide bonds. The van der Waals surface area contributed by atoms with Gasteiger partial charge in [-0.2, -0.15) is 0 Å². The van der Waals surface area contributed by atoms with Crippen LogP contribution in [0.5, 0.6) is 5.75 Å². The number of nitrogens with zero attached hydrogens (tertiary/aromatic N) is 2. The van der Waals surface area contributed by atoms with Gasteiger partial charge in [-0.1, -0.05) is 30.0 Å². The highest BCUT2D eigenvalue weighted by molar-refractivity contribution is 8.14. The minimum absolute atomic E-state index is 0.110. The summed E-state index contributed by atoms with van der Waals surface area (Å²) in [7, 11) is 1.56. The van der Waals surface area contributed by atoms with Crippen molar-refractivity contribution in [2.24, 2.45) is 5.92 Å². The molecule has 2 aliphatic heterocycles. The van der Waals surface area contributed by atoms with Gasteiger partial charge in [-0.25, -0.2) is 0 Å². The van der Waals surface area contributed by atoms with Gasteiger partial charge in [0.1, 0.15) is 5.75 Å². The van der Waals surface area contributed by atoms with Crippen LogP contribution in [0, 0.1) is 5.92 Å². The standard InChI is InChI=1S/C22H21N3O5S/c1-30-18-4-2-3-17(10-18)24-12-15(9-19(24)26)21(28)23-16-7-5-14(6-8-16)11-25-20(27)13-31-22(25)29/h2-8,10,15H,9,11-13H2,1H3,(H,23,28)/t15-/m1/s1. The summed E-state index contributed by atoms with van der Waals surface area (Å²) in [6, 6.07) is 14.2. The van der Waals surface area contributed by atoms with Gasteiger partial charge in [-0.05, 0) is 29.8 Å². The molecule has 0 bridgehead atoms. The van der Waals surface area contributed by atoms with E-state index in [-0.39, 0.29) is 41.7 Å². The number of carbonyl (C=O) groups excluding carboxylic acids is 4. The van der Waals surface area contributed by atoms with Gasteiger partial charge in [0.25, 0.3) is 5.24 Å². The smallest absolute Gasteiger partial charge is 0.289 e. The molecule has 160 valence electrons. The number of methoxy groups -OCH3 is 1. The molecule has 0 radical (unpaired) electrons. The number of imide groups is 1. The second-order valence-electron chi connectivity index (χ2n) is 7.33. The van der Waals surface area contributed by atoms with E-state index in [9.17, 15) is 19.2 Å². The van der Waals surface area contributed by atoms with Crippen molar-refractivity contribution in [1.29, 1.82) is 0 Å². The molecule has 0 aromatic heterocycles. The maximum atomic E-state index is 12.7. The molecule has 9 heteroatoms. The molecule has 2 aromatic rings. The van der Waals surface area contributed by atoms with Crippen LogP contribution >= 0.6 is 11.8 Å². The summed E-state index contributed by atoms with van der Waals surface area (Å²) in [6.45, 7) is 0.512. The third kappa shape index (κ3) is 4.56. The molecule has 0 aliphatic carbocycles. The van der Waals surface area contributed by atoms with Gasteiger partial charge in [0.15, 0.2) is 0 Å². The maximum absolute atomic E-state index is 12.7. The number of rotatable bonds is 6. The normalized spacial score (nSPS) is 18.6. The van der Waals surface area contributed by atoms with Crippen LogP contribution in [-0.4, -0.2) is 47.3 Å². The summed E-state index contributed by atoms with van der Waals surface area (Å²) in [5.74, 6) is -0.169. The average Bonchev–Trinajstić information content (AvgIpc) is 3.32. The number of hydrogen-bond donors (Lipinski definition) is 1. The largest absolute Gasteiger partial charge is 0.497 e. The van der Waals surface area contributed by atoms with Crippen molar-refractivity contribution in [1.82, 2.24) is 4.90 Å². The predicted octanol–water partition coefficient (Wildman–Crippen LogP) is 2.88. The first kappa shape index (κ1) is 20.9. The molecule has 31 heavy (non-hydrogen) atoms. The molecular weight excluding hydrogens is 418 g/mol. The Morgan fingerprint density at radius 3 is 2.58 bits per heavy atom. The third-order valence-electron chi connectivity index (χ3n) is 5.26. The number of hydrogen-bond acceptors (Lipinski definition) is 6. The van der Waals surface area contributed by atoms with Crippen LogP contribution in [0.25, 0.3) is 0 Å². The number of anilines is 2. The highest BCUT2D eigenvalue weighted by Gasteiger charge is 2.35. The van der Waals surface area contributed by atoms with Gasteiger partial charge >= 0.3 is 0 Å². The molecule has 2 heterocycles. The molecule has 0 unspecified atom stereocenters. The molecule has 0 spiro atoms. The number of nitrogens with one attached hydrogen (secondary N) is 1. The van der Waals surface area contributed by atoms with E-state index in [1.165, 1.54) is 4.90 Å². The lowest BCUT2D eigenvalue weighted by Gasteiger charge is -2.17. The summed E-state index contributed by atoms with van der Waals surface area (Å²) in [4.78, 5) is 51.4. The van der Waals surface area contributed by atoms with E-state index in [0.717, 1.165) is 17.3 Å². The summed E-state index contributed by atoms with van der Waals surface area (Å²) >= 11 is 1.00. The SMILES string of the molecule is COc1cccc(N2C[C@H](C(=O)Nc3ccc(CN4C(=O)CSC4=O)cc3)CC2=O)c1. The van der Waals surface area contributed by atoms with Crippen molar-refractivity contribution in [3.63, 3.8) is 0 Å². The second-order valence-corrected chi connectivity index (χ2v) is 8.25. The van der Waals surface area contributed by atoms with Crippen molar-refractivity contribution in [3.05, 3.63) is 54.1 Å². The van der Waals surface area contributed by atoms with Crippen LogP contribution in [0.3, 0.4) is 0 Å². The molecule has 2 saturated heterocycles. The molecule has 8 nitrogen and oxygen atoms in total. The van der Waals surface area contributed by atoms with Crippen LogP contribution in [0.2, 0.25) is 0 Å². The topological polar surface area (TPSA) is 96.0 Å². The lowest BCUT2D eigenvalue weighted by Crippen LogP contribution is -2.28. The fourth-order valence-electron chi connectivity index (χ4n) is 3.57. The first-order chi connectivity index (χ1) is 14.9. The molecule has 1 N–H and O–H groups in total. The third-order valence-corrected chi connectivity index (χ3v) is 6.12. The lowest BCUT2D eigenvalue weighted by atomic mass is 10.1. The summed E-state index contributed by atoms with van der Waals surface area (Å²) in [6.07, 6.45) is 0.137. The molecule has 4 rings (SSSR count). The first-order valence-corrected chi connectivity index (χ1v) is 10.7. The summed E-state index contributed by atoms with van der Waals surface area (Å²) in [5, 5.41) is 2.60. The Labute approximate surface area is 183 Å². The van der Waals surface area contributed by atoms with Crippen LogP contribution < -0.4 is 15.0 Å². The monoisotopic (exact) mass is 439 g/mol. The Kier molecular flexibility index (Phi) is 5.94. The van der Waals surface area contributed by atoms with E-state index in [1.54, 1.807) is 54.5 Å². The van der Waals surface area contributed by atoms with E-state index in [2.05, 4.69) is 5.32 Å². The zero-order valence-corrected chi connectivity index (χ0v) is 17.7. The van der Waals surface area contributed by atoms with Crippen molar-refractivity contribution in [2.45, 2.75) is 13.0 Å². The van der Waals surface area contributed by atoms with Crippen LogP contribution in [0.15, 0.2) is 48.5 Å². The molecule has 0 saturated carbocycles. The summed E-state index contributed by atoms with van der Waals surface area (Å²) < 4.78 is 5.21. The molecular formula is C22H21N3O5S. The molecule has 1 atom stereocenters. The van der Waals surface area contributed by atoms with E-state index >= 15 is 0 Å². The quantitative estimate of drug-likeness (QED) is 0.744. The van der Waals surface area contributed by atoms with Crippen molar-refractivity contribution in [3.8, 4) is 5.75 Å². The van der Waals surface area contributed by atoms with Crippen molar-refractivity contribution in [2.75, 3.05) is 29.6 Å². The van der Waals surface area contributed by atoms with Gasteiger partial charge in [0, 0.05) is 30.4 Å². The Balaban J connectivity index is 1.36. The Bertz CT molecular complexity index is 1020. The fraction of sp³-hybridized carbons (Fsp3) is 0.273. The first-order valence-electron chi connectivity index (χ1n) is 9.76. The minimum Gasteiger partial charge on any atom is -0.497 e. The van der Waals surface area contributed by atoms with Crippen LogP contribution in [-0.2, 0) is 20.9 Å². The van der Waals surface area contributed by atoms with Crippen LogP contribution in [0.4, 0.5) is 16.2 Å². The fourth-order valence-corrected chi connectivity index (χ4v) is 4.29. The van der Waals surface area contributed by atoms with E-state index in [0.29, 0.717) is 23.7 Å². The van der Waals surface area contributed by atoms with E-state index < -0.39 is 5.92 Å². The van der Waals surface area contributed by atoms with Gasteiger partial charge in [-0.3, -0.25) is 24.1 Å². The molecule has 2 aliphatic rings. The number of carbonyl (C=O) groups is 4. The van der Waals surface area contributed by atoms with Crippen LogP contribution in [0.1, 0.15) is 12.0 Å². The highest BCUT2D eigenvalue weighted by atomic mass is 32.2. The Morgan fingerprint density at radius 1 is 1.13 bits per heavy atom.